The quantitative estimate of drug-likeness (QED) is 0.446. The molecule has 6 nitrogen and oxygen atoms in total. The molecule has 6 heteroatoms. The SMILES string of the molecule is Cc1ccc(N/C=C(/C#N)C(=O)NCc2ccco2)c(N)c1. The van der Waals surface area contributed by atoms with E-state index in [9.17, 15) is 4.79 Å². The number of aryl methyl sites for hydroxylation is 1. The molecule has 1 aromatic heterocycles. The minimum Gasteiger partial charge on any atom is -0.467 e. The third-order valence-electron chi connectivity index (χ3n) is 2.95. The molecule has 2 aromatic rings. The Balaban J connectivity index is 2.00. The van der Waals surface area contributed by atoms with E-state index in [-0.39, 0.29) is 12.1 Å². The van der Waals surface area contributed by atoms with Gasteiger partial charge in [-0.05, 0) is 36.8 Å². The summed E-state index contributed by atoms with van der Waals surface area (Å²) in [5.74, 6) is 0.124. The molecule has 0 unspecified atom stereocenters. The topological polar surface area (TPSA) is 104 Å². The van der Waals surface area contributed by atoms with Crippen LogP contribution in [0.4, 0.5) is 11.4 Å². The second kappa shape index (κ2) is 6.99. The van der Waals surface area contributed by atoms with Gasteiger partial charge in [0.25, 0.3) is 5.91 Å². The third kappa shape index (κ3) is 3.90. The number of anilines is 2. The molecule has 0 saturated carbocycles. The van der Waals surface area contributed by atoms with Gasteiger partial charge in [-0.25, -0.2) is 0 Å². The predicted molar refractivity (Wildman–Crippen MR) is 83.5 cm³/mol. The molecule has 0 aliphatic heterocycles. The van der Waals surface area contributed by atoms with E-state index in [0.29, 0.717) is 17.1 Å². The van der Waals surface area contributed by atoms with Crippen LogP contribution < -0.4 is 16.4 Å². The lowest BCUT2D eigenvalue weighted by Crippen LogP contribution is -2.24. The summed E-state index contributed by atoms with van der Waals surface area (Å²) in [6, 6.07) is 10.8. The molecule has 1 aromatic carbocycles. The van der Waals surface area contributed by atoms with E-state index in [1.54, 1.807) is 24.3 Å². The van der Waals surface area contributed by atoms with Crippen molar-refractivity contribution >= 4 is 17.3 Å². The van der Waals surface area contributed by atoms with Crippen LogP contribution in [-0.2, 0) is 11.3 Å². The summed E-state index contributed by atoms with van der Waals surface area (Å²) < 4.78 is 5.10. The fourth-order valence-electron chi connectivity index (χ4n) is 1.79. The second-order valence-electron chi connectivity index (χ2n) is 4.67. The number of rotatable bonds is 5. The van der Waals surface area contributed by atoms with Gasteiger partial charge in [0.15, 0.2) is 0 Å². The van der Waals surface area contributed by atoms with Crippen molar-refractivity contribution in [3.05, 3.63) is 59.7 Å². The number of benzene rings is 1. The van der Waals surface area contributed by atoms with E-state index in [1.807, 2.05) is 19.1 Å². The highest BCUT2D eigenvalue weighted by Crippen LogP contribution is 2.19. The molecule has 1 amide bonds. The first kappa shape index (κ1) is 15.2. The van der Waals surface area contributed by atoms with E-state index in [0.717, 1.165) is 5.56 Å². The highest BCUT2D eigenvalue weighted by atomic mass is 16.3. The largest absolute Gasteiger partial charge is 0.467 e. The van der Waals surface area contributed by atoms with Crippen LogP contribution in [-0.4, -0.2) is 5.91 Å². The van der Waals surface area contributed by atoms with Gasteiger partial charge in [-0.2, -0.15) is 5.26 Å². The number of nitrogens with one attached hydrogen (secondary N) is 2. The smallest absolute Gasteiger partial charge is 0.263 e. The van der Waals surface area contributed by atoms with Crippen LogP contribution in [0.15, 0.2) is 52.8 Å². The van der Waals surface area contributed by atoms with Crippen LogP contribution in [0.5, 0.6) is 0 Å². The number of hydrogen-bond donors (Lipinski definition) is 3. The van der Waals surface area contributed by atoms with Crippen molar-refractivity contribution in [3.63, 3.8) is 0 Å². The van der Waals surface area contributed by atoms with Crippen molar-refractivity contribution in [2.75, 3.05) is 11.1 Å². The van der Waals surface area contributed by atoms with E-state index < -0.39 is 5.91 Å². The van der Waals surface area contributed by atoms with Gasteiger partial charge in [-0.1, -0.05) is 6.07 Å². The number of furan rings is 1. The van der Waals surface area contributed by atoms with E-state index >= 15 is 0 Å². The van der Waals surface area contributed by atoms with Gasteiger partial charge in [0.1, 0.15) is 17.4 Å². The minimum absolute atomic E-state index is 0.0495. The summed E-state index contributed by atoms with van der Waals surface area (Å²) in [6.07, 6.45) is 2.85. The predicted octanol–water partition coefficient (Wildman–Crippen LogP) is 2.31. The Kier molecular flexibility index (Phi) is 4.83. The lowest BCUT2D eigenvalue weighted by atomic mass is 10.2. The first-order valence-corrected chi connectivity index (χ1v) is 6.63. The van der Waals surface area contributed by atoms with E-state index in [4.69, 9.17) is 15.4 Å². The number of carbonyl (C=O) groups is 1. The number of carbonyl (C=O) groups excluding carboxylic acids is 1. The zero-order valence-electron chi connectivity index (χ0n) is 12.1. The lowest BCUT2D eigenvalue weighted by Gasteiger charge is -2.07. The van der Waals surface area contributed by atoms with Crippen molar-refractivity contribution < 1.29 is 9.21 Å². The van der Waals surface area contributed by atoms with Crippen LogP contribution in [0.3, 0.4) is 0 Å². The lowest BCUT2D eigenvalue weighted by molar-refractivity contribution is -0.117. The molecule has 0 bridgehead atoms. The summed E-state index contributed by atoms with van der Waals surface area (Å²) in [5, 5.41) is 14.5. The molecule has 0 atom stereocenters. The van der Waals surface area contributed by atoms with Gasteiger partial charge in [0, 0.05) is 6.20 Å². The standard InChI is InChI=1S/C16H16N4O2/c1-11-4-5-15(14(18)7-11)19-9-12(8-17)16(21)20-10-13-3-2-6-22-13/h2-7,9,19H,10,18H2,1H3,(H,20,21)/b12-9-. The van der Waals surface area contributed by atoms with Crippen molar-refractivity contribution in [3.8, 4) is 6.07 Å². The highest BCUT2D eigenvalue weighted by Gasteiger charge is 2.09. The Morgan fingerprint density at radius 2 is 2.27 bits per heavy atom. The Hall–Kier alpha value is -3.20. The summed E-state index contributed by atoms with van der Waals surface area (Å²) in [4.78, 5) is 11.9. The molecule has 0 aliphatic carbocycles. The Morgan fingerprint density at radius 1 is 1.45 bits per heavy atom. The first-order valence-electron chi connectivity index (χ1n) is 6.63. The number of amides is 1. The molecular formula is C16H16N4O2. The molecule has 22 heavy (non-hydrogen) atoms. The third-order valence-corrected chi connectivity index (χ3v) is 2.95. The fourth-order valence-corrected chi connectivity index (χ4v) is 1.79. The molecule has 112 valence electrons. The summed E-state index contributed by atoms with van der Waals surface area (Å²) >= 11 is 0. The van der Waals surface area contributed by atoms with Gasteiger partial charge >= 0.3 is 0 Å². The summed E-state index contributed by atoms with van der Waals surface area (Å²) in [5.41, 5.74) is 8.02. The van der Waals surface area contributed by atoms with Crippen molar-refractivity contribution in [1.82, 2.24) is 5.32 Å². The maximum Gasteiger partial charge on any atom is 0.263 e. The van der Waals surface area contributed by atoms with Crippen molar-refractivity contribution in [1.29, 1.82) is 5.26 Å². The number of nitrogens with zero attached hydrogens (tertiary/aromatic N) is 1. The average Bonchev–Trinajstić information content (AvgIpc) is 3.01. The highest BCUT2D eigenvalue weighted by molar-refractivity contribution is 5.97. The van der Waals surface area contributed by atoms with E-state index in [2.05, 4.69) is 10.6 Å². The summed E-state index contributed by atoms with van der Waals surface area (Å²) in [6.45, 7) is 2.15. The molecule has 0 aliphatic rings. The van der Waals surface area contributed by atoms with Crippen LogP contribution in [0, 0.1) is 18.3 Å². The zero-order chi connectivity index (χ0) is 15.9. The van der Waals surface area contributed by atoms with Gasteiger partial charge < -0.3 is 20.8 Å². The van der Waals surface area contributed by atoms with Crippen LogP contribution >= 0.6 is 0 Å². The van der Waals surface area contributed by atoms with Gasteiger partial charge in [-0.3, -0.25) is 4.79 Å². The Morgan fingerprint density at radius 3 is 2.91 bits per heavy atom. The monoisotopic (exact) mass is 296 g/mol. The number of hydrogen-bond acceptors (Lipinski definition) is 5. The fraction of sp³-hybridized carbons (Fsp3) is 0.125. The molecule has 4 N–H and O–H groups in total. The number of nitriles is 1. The molecule has 0 saturated heterocycles. The molecule has 1 heterocycles. The Bertz CT molecular complexity index is 727. The Labute approximate surface area is 128 Å². The maximum atomic E-state index is 11.9. The van der Waals surface area contributed by atoms with Crippen LogP contribution in [0.1, 0.15) is 11.3 Å². The molecular weight excluding hydrogens is 280 g/mol. The van der Waals surface area contributed by atoms with Crippen LogP contribution in [0.25, 0.3) is 0 Å². The molecule has 0 fully saturated rings. The molecule has 0 radical (unpaired) electrons. The normalized spacial score (nSPS) is 10.8. The summed E-state index contributed by atoms with van der Waals surface area (Å²) in [7, 11) is 0. The van der Waals surface area contributed by atoms with Crippen molar-refractivity contribution in [2.24, 2.45) is 0 Å². The van der Waals surface area contributed by atoms with Crippen LogP contribution in [0.2, 0.25) is 0 Å². The van der Waals surface area contributed by atoms with E-state index in [1.165, 1.54) is 12.5 Å². The average molecular weight is 296 g/mol. The second-order valence-corrected chi connectivity index (χ2v) is 4.67. The number of nitrogen functional groups attached to an aromatic ring is 1. The first-order chi connectivity index (χ1) is 10.6. The minimum atomic E-state index is -0.489. The van der Waals surface area contributed by atoms with Gasteiger partial charge in [0.05, 0.1) is 24.2 Å². The van der Waals surface area contributed by atoms with Gasteiger partial charge in [-0.15, -0.1) is 0 Å². The van der Waals surface area contributed by atoms with Crippen molar-refractivity contribution in [2.45, 2.75) is 13.5 Å². The maximum absolute atomic E-state index is 11.9. The molecule has 0 spiro atoms. The number of nitrogens with two attached hydrogens (primary N) is 1. The zero-order valence-corrected chi connectivity index (χ0v) is 12.1. The molecule has 2 rings (SSSR count). The van der Waals surface area contributed by atoms with Gasteiger partial charge in [0.2, 0.25) is 0 Å².